The van der Waals surface area contributed by atoms with Gasteiger partial charge in [-0.3, -0.25) is 4.79 Å². The summed E-state index contributed by atoms with van der Waals surface area (Å²) in [5.74, 6) is -0.233. The fourth-order valence-corrected chi connectivity index (χ4v) is 4.38. The highest BCUT2D eigenvalue weighted by Crippen LogP contribution is 2.24. The molecule has 0 radical (unpaired) electrons. The second-order valence-corrected chi connectivity index (χ2v) is 8.50. The molecule has 1 aliphatic rings. The van der Waals surface area contributed by atoms with Crippen LogP contribution in [0.5, 0.6) is 5.75 Å². The van der Waals surface area contributed by atoms with E-state index in [9.17, 15) is 13.2 Å². The average molecular weight is 405 g/mol. The Bertz CT molecular complexity index is 713. The number of carbonyl (C=O) groups is 1. The molecule has 1 atom stereocenters. The monoisotopic (exact) mass is 404 g/mol. The quantitative estimate of drug-likeness (QED) is 0.620. The summed E-state index contributed by atoms with van der Waals surface area (Å²) in [4.78, 5) is 11.9. The molecule has 1 unspecified atom stereocenters. The lowest BCUT2D eigenvalue weighted by atomic mass is 10.0. The molecule has 0 aromatic heterocycles. The maximum atomic E-state index is 12.7. The smallest absolute Gasteiger partial charge is 0.310 e. The van der Waals surface area contributed by atoms with Gasteiger partial charge in [-0.25, -0.2) is 0 Å². The van der Waals surface area contributed by atoms with Crippen LogP contribution in [0.3, 0.4) is 0 Å². The Kier molecular flexibility index (Phi) is 7.69. The summed E-state index contributed by atoms with van der Waals surface area (Å²) in [6, 6.07) is 7.03. The predicted octanol–water partition coefficient (Wildman–Crippen LogP) is 2.17. The topological polar surface area (TPSA) is 76.2 Å². The number of hydrogen-bond acceptors (Lipinski definition) is 5. The summed E-state index contributed by atoms with van der Waals surface area (Å²) in [7, 11) is -2.16. The Morgan fingerprint density at radius 1 is 1.38 bits per heavy atom. The summed E-state index contributed by atoms with van der Waals surface area (Å²) in [5.41, 5.74) is 0. The summed E-state index contributed by atoms with van der Waals surface area (Å²) in [6.07, 6.45) is 1.27. The van der Waals surface area contributed by atoms with Crippen LogP contribution in [0, 0.1) is 5.92 Å². The molecule has 1 fully saturated rings. The predicted molar refractivity (Wildman–Crippen MR) is 99.4 cm³/mol. The van der Waals surface area contributed by atoms with Gasteiger partial charge in [-0.05, 0) is 31.9 Å². The molecule has 0 N–H and O–H groups in total. The Morgan fingerprint density at radius 2 is 2.12 bits per heavy atom. The third-order valence-electron chi connectivity index (χ3n) is 4.22. The molecule has 1 saturated heterocycles. The fourth-order valence-electron chi connectivity index (χ4n) is 2.76. The van der Waals surface area contributed by atoms with Crippen molar-refractivity contribution >= 4 is 27.8 Å². The Hall–Kier alpha value is -1.35. The maximum Gasteiger partial charge on any atom is 0.310 e. The standard InChI is InChI=1S/C17H25ClN2O5S/c1-3-24-17(21)14-7-6-10-20(13-14)26(22,23)19(2)11-12-25-16-9-5-4-8-15(16)18/h4-5,8-9,14H,3,6-7,10-13H2,1-2H3. The molecule has 1 aromatic rings. The van der Waals surface area contributed by atoms with E-state index in [1.54, 1.807) is 31.2 Å². The van der Waals surface area contributed by atoms with E-state index in [0.29, 0.717) is 36.8 Å². The molecule has 9 heteroatoms. The number of carbonyl (C=O) groups excluding carboxylic acids is 1. The molecular weight excluding hydrogens is 380 g/mol. The van der Waals surface area contributed by atoms with Crippen LogP contribution in [0.15, 0.2) is 24.3 Å². The van der Waals surface area contributed by atoms with Gasteiger partial charge in [0.1, 0.15) is 12.4 Å². The van der Waals surface area contributed by atoms with Gasteiger partial charge in [0.05, 0.1) is 17.5 Å². The largest absolute Gasteiger partial charge is 0.491 e. The number of hydrogen-bond donors (Lipinski definition) is 0. The van der Waals surface area contributed by atoms with Crippen LogP contribution < -0.4 is 4.74 Å². The van der Waals surface area contributed by atoms with Crippen LogP contribution in [-0.2, 0) is 19.7 Å². The third kappa shape index (κ3) is 5.33. The zero-order valence-corrected chi connectivity index (χ0v) is 16.6. The number of rotatable bonds is 8. The van der Waals surface area contributed by atoms with Crippen molar-refractivity contribution in [1.82, 2.24) is 8.61 Å². The van der Waals surface area contributed by atoms with Crippen LogP contribution in [0.2, 0.25) is 5.02 Å². The molecule has 1 aliphatic heterocycles. The number of para-hydroxylation sites is 1. The van der Waals surface area contributed by atoms with Gasteiger partial charge in [-0.1, -0.05) is 23.7 Å². The fraction of sp³-hybridized carbons (Fsp3) is 0.588. The van der Waals surface area contributed by atoms with Gasteiger partial charge in [0.2, 0.25) is 0 Å². The molecule has 0 saturated carbocycles. The van der Waals surface area contributed by atoms with E-state index in [-0.39, 0.29) is 25.7 Å². The molecule has 0 aliphatic carbocycles. The van der Waals surface area contributed by atoms with E-state index < -0.39 is 16.1 Å². The molecule has 146 valence electrons. The molecular formula is C17H25ClN2O5S. The molecule has 7 nitrogen and oxygen atoms in total. The molecule has 1 aromatic carbocycles. The van der Waals surface area contributed by atoms with Crippen molar-refractivity contribution in [3.8, 4) is 5.75 Å². The van der Waals surface area contributed by atoms with Gasteiger partial charge >= 0.3 is 5.97 Å². The van der Waals surface area contributed by atoms with Crippen molar-refractivity contribution in [1.29, 1.82) is 0 Å². The Balaban J connectivity index is 1.91. The average Bonchev–Trinajstić information content (AvgIpc) is 2.63. The molecule has 26 heavy (non-hydrogen) atoms. The van der Waals surface area contributed by atoms with Crippen LogP contribution >= 0.6 is 11.6 Å². The van der Waals surface area contributed by atoms with Crippen molar-refractivity contribution in [3.05, 3.63) is 29.3 Å². The second kappa shape index (κ2) is 9.55. The number of benzene rings is 1. The van der Waals surface area contributed by atoms with Gasteiger partial charge < -0.3 is 9.47 Å². The first kappa shape index (κ1) is 21.0. The maximum absolute atomic E-state index is 12.7. The first-order chi connectivity index (χ1) is 12.4. The van der Waals surface area contributed by atoms with E-state index in [4.69, 9.17) is 21.1 Å². The number of ether oxygens (including phenoxy) is 2. The molecule has 1 heterocycles. The molecule has 0 amide bonds. The normalized spacial score (nSPS) is 18.7. The van der Waals surface area contributed by atoms with Gasteiger partial charge in [-0.2, -0.15) is 17.0 Å². The summed E-state index contributed by atoms with van der Waals surface area (Å²) in [6.45, 7) is 2.93. The molecule has 0 spiro atoms. The van der Waals surface area contributed by atoms with E-state index in [0.717, 1.165) is 0 Å². The van der Waals surface area contributed by atoms with Crippen molar-refractivity contribution in [3.63, 3.8) is 0 Å². The van der Waals surface area contributed by atoms with E-state index in [1.165, 1.54) is 15.7 Å². The minimum Gasteiger partial charge on any atom is -0.491 e. The lowest BCUT2D eigenvalue weighted by molar-refractivity contribution is -0.149. The first-order valence-electron chi connectivity index (χ1n) is 8.61. The van der Waals surface area contributed by atoms with Crippen molar-refractivity contribution in [2.75, 3.05) is 39.9 Å². The Labute approximate surface area is 160 Å². The molecule has 0 bridgehead atoms. The highest BCUT2D eigenvalue weighted by Gasteiger charge is 2.35. The van der Waals surface area contributed by atoms with Crippen molar-refractivity contribution in [2.45, 2.75) is 19.8 Å². The Morgan fingerprint density at radius 3 is 2.81 bits per heavy atom. The number of likely N-dealkylation sites (N-methyl/N-ethyl adjacent to an activating group) is 1. The zero-order chi connectivity index (χ0) is 19.2. The number of piperidine rings is 1. The van der Waals surface area contributed by atoms with E-state index in [2.05, 4.69) is 0 Å². The number of halogens is 1. The van der Waals surface area contributed by atoms with Crippen LogP contribution in [0.4, 0.5) is 0 Å². The highest BCUT2D eigenvalue weighted by atomic mass is 35.5. The van der Waals surface area contributed by atoms with E-state index >= 15 is 0 Å². The lowest BCUT2D eigenvalue weighted by Crippen LogP contribution is -2.49. The van der Waals surface area contributed by atoms with Crippen molar-refractivity contribution < 1.29 is 22.7 Å². The van der Waals surface area contributed by atoms with Crippen molar-refractivity contribution in [2.24, 2.45) is 5.92 Å². The second-order valence-electron chi connectivity index (χ2n) is 6.06. The van der Waals surface area contributed by atoms with Crippen LogP contribution in [-0.4, -0.2) is 62.9 Å². The first-order valence-corrected chi connectivity index (χ1v) is 10.4. The zero-order valence-electron chi connectivity index (χ0n) is 15.1. The van der Waals surface area contributed by atoms with Gasteiger partial charge in [0.15, 0.2) is 0 Å². The summed E-state index contributed by atoms with van der Waals surface area (Å²) in [5, 5.41) is 0.478. The minimum atomic E-state index is -3.66. The number of esters is 1. The lowest BCUT2D eigenvalue weighted by Gasteiger charge is -2.33. The summed E-state index contributed by atoms with van der Waals surface area (Å²) >= 11 is 6.01. The number of nitrogens with zero attached hydrogens (tertiary/aromatic N) is 2. The summed E-state index contributed by atoms with van der Waals surface area (Å²) < 4.78 is 38.6. The van der Waals surface area contributed by atoms with Gasteiger partial charge in [-0.15, -0.1) is 0 Å². The van der Waals surface area contributed by atoms with Gasteiger partial charge in [0.25, 0.3) is 10.2 Å². The van der Waals surface area contributed by atoms with E-state index in [1.807, 2.05) is 0 Å². The SMILES string of the molecule is CCOC(=O)C1CCCN(S(=O)(=O)N(C)CCOc2ccccc2Cl)C1. The highest BCUT2D eigenvalue weighted by molar-refractivity contribution is 7.86. The minimum absolute atomic E-state index is 0.150. The van der Waals surface area contributed by atoms with Crippen LogP contribution in [0.25, 0.3) is 0 Å². The van der Waals surface area contributed by atoms with Crippen LogP contribution in [0.1, 0.15) is 19.8 Å². The molecule has 2 rings (SSSR count). The third-order valence-corrected chi connectivity index (χ3v) is 6.49. The van der Waals surface area contributed by atoms with Gasteiger partial charge in [0, 0.05) is 26.7 Å².